The molecule has 5 heteroatoms. The largest absolute Gasteiger partial charge is 0.343 e. The Morgan fingerprint density at radius 3 is 2.71 bits per heavy atom. The number of nitriles is 1. The predicted octanol–water partition coefficient (Wildman–Crippen LogP) is 3.56. The van der Waals surface area contributed by atoms with Crippen molar-refractivity contribution in [3.8, 4) is 6.07 Å². The molecule has 1 fully saturated rings. The second-order valence-electron chi connectivity index (χ2n) is 5.16. The van der Waals surface area contributed by atoms with Gasteiger partial charge in [-0.1, -0.05) is 6.42 Å². The first-order valence-corrected chi connectivity index (χ1v) is 9.37. The van der Waals surface area contributed by atoms with Gasteiger partial charge in [-0.3, -0.25) is 4.79 Å². The van der Waals surface area contributed by atoms with E-state index in [0.29, 0.717) is 5.92 Å². The van der Waals surface area contributed by atoms with Gasteiger partial charge in [0.15, 0.2) is 0 Å². The number of nitrogens with zero attached hydrogens (tertiary/aromatic N) is 1. The van der Waals surface area contributed by atoms with Crippen molar-refractivity contribution in [3.63, 3.8) is 0 Å². The van der Waals surface area contributed by atoms with Crippen LogP contribution in [0.4, 0.5) is 0 Å². The molecule has 0 radical (unpaired) electrons. The van der Waals surface area contributed by atoms with Crippen molar-refractivity contribution >= 4 is 29.4 Å². The Hall–Kier alpha value is -1.12. The number of carbonyl (C=O) groups excluding carboxylic acids is 1. The zero-order chi connectivity index (χ0) is 15.1. The second-order valence-corrected chi connectivity index (χ2v) is 7.13. The Labute approximate surface area is 134 Å². The highest BCUT2D eigenvalue weighted by atomic mass is 32.2. The highest BCUT2D eigenvalue weighted by molar-refractivity contribution is 7.99. The Morgan fingerprint density at radius 2 is 2.05 bits per heavy atom. The molecule has 0 heterocycles. The number of thioether (sulfide) groups is 2. The van der Waals surface area contributed by atoms with Gasteiger partial charge in [-0.25, -0.2) is 0 Å². The van der Waals surface area contributed by atoms with Gasteiger partial charge in [-0.15, -0.1) is 23.5 Å². The lowest BCUT2D eigenvalue weighted by molar-refractivity contribution is -0.125. The van der Waals surface area contributed by atoms with Gasteiger partial charge in [-0.05, 0) is 49.3 Å². The fraction of sp³-hybridized carbons (Fsp3) is 0.500. The average Bonchev–Trinajstić information content (AvgIpc) is 2.99. The Morgan fingerprint density at radius 1 is 1.33 bits per heavy atom. The third kappa shape index (κ3) is 4.69. The number of benzene rings is 1. The van der Waals surface area contributed by atoms with E-state index < -0.39 is 0 Å². The van der Waals surface area contributed by atoms with Crippen LogP contribution in [0.15, 0.2) is 34.1 Å². The maximum absolute atomic E-state index is 12.0. The highest BCUT2D eigenvalue weighted by Crippen LogP contribution is 2.36. The van der Waals surface area contributed by atoms with E-state index in [1.807, 2.05) is 17.8 Å². The van der Waals surface area contributed by atoms with E-state index >= 15 is 0 Å². The maximum atomic E-state index is 12.0. The number of carbonyl (C=O) groups is 1. The van der Waals surface area contributed by atoms with Crippen LogP contribution in [0.5, 0.6) is 0 Å². The number of amides is 1. The van der Waals surface area contributed by atoms with Crippen LogP contribution < -0.4 is 5.32 Å². The predicted molar refractivity (Wildman–Crippen MR) is 88.4 cm³/mol. The fourth-order valence-corrected chi connectivity index (χ4v) is 4.26. The first kappa shape index (κ1) is 16.3. The smallest absolute Gasteiger partial charge is 0.224 e. The van der Waals surface area contributed by atoms with Crippen molar-refractivity contribution < 1.29 is 4.79 Å². The van der Waals surface area contributed by atoms with Gasteiger partial charge >= 0.3 is 0 Å². The zero-order valence-corrected chi connectivity index (χ0v) is 13.8. The lowest BCUT2D eigenvalue weighted by Crippen LogP contribution is -2.33. The van der Waals surface area contributed by atoms with E-state index in [2.05, 4.69) is 35.8 Å². The molecule has 0 aliphatic heterocycles. The molecule has 2 rings (SSSR count). The average molecular weight is 320 g/mol. The van der Waals surface area contributed by atoms with E-state index in [1.54, 1.807) is 11.8 Å². The highest BCUT2D eigenvalue weighted by Gasteiger charge is 2.32. The van der Waals surface area contributed by atoms with Crippen molar-refractivity contribution in [1.82, 2.24) is 5.32 Å². The SMILES string of the molecule is CSc1ccc(SC[C@@H]2CCC[C@H]2C(=O)NCC#N)cc1. The van der Waals surface area contributed by atoms with Crippen LogP contribution in [0.1, 0.15) is 19.3 Å². The topological polar surface area (TPSA) is 52.9 Å². The van der Waals surface area contributed by atoms with Crippen LogP contribution in [-0.2, 0) is 4.79 Å². The summed E-state index contributed by atoms with van der Waals surface area (Å²) in [4.78, 5) is 14.6. The fourth-order valence-electron chi connectivity index (χ4n) is 2.71. The Kier molecular flexibility index (Phi) is 6.47. The number of nitrogens with one attached hydrogen (secondary N) is 1. The summed E-state index contributed by atoms with van der Waals surface area (Å²) in [7, 11) is 0. The minimum absolute atomic E-state index is 0.0531. The van der Waals surface area contributed by atoms with Crippen molar-refractivity contribution in [1.29, 1.82) is 5.26 Å². The minimum atomic E-state index is 0.0531. The molecule has 1 aromatic rings. The number of hydrogen-bond acceptors (Lipinski definition) is 4. The van der Waals surface area contributed by atoms with Crippen molar-refractivity contribution in [2.45, 2.75) is 29.1 Å². The van der Waals surface area contributed by atoms with E-state index in [9.17, 15) is 4.79 Å². The van der Waals surface area contributed by atoms with Gasteiger partial charge in [0.1, 0.15) is 6.54 Å². The summed E-state index contributed by atoms with van der Waals surface area (Å²) < 4.78 is 0. The molecule has 0 saturated heterocycles. The van der Waals surface area contributed by atoms with Crippen molar-refractivity contribution in [2.24, 2.45) is 11.8 Å². The molecule has 1 amide bonds. The summed E-state index contributed by atoms with van der Waals surface area (Å²) in [5.74, 6) is 1.53. The van der Waals surface area contributed by atoms with Gasteiger partial charge in [0, 0.05) is 21.5 Å². The van der Waals surface area contributed by atoms with Gasteiger partial charge in [0.25, 0.3) is 0 Å². The zero-order valence-electron chi connectivity index (χ0n) is 12.2. The molecular formula is C16H20N2OS2. The first-order chi connectivity index (χ1) is 10.2. The van der Waals surface area contributed by atoms with Crippen molar-refractivity contribution in [2.75, 3.05) is 18.6 Å². The molecule has 1 aromatic carbocycles. The lowest BCUT2D eigenvalue weighted by Gasteiger charge is -2.18. The first-order valence-electron chi connectivity index (χ1n) is 7.16. The van der Waals surface area contributed by atoms with Crippen LogP contribution in [0, 0.1) is 23.2 Å². The summed E-state index contributed by atoms with van der Waals surface area (Å²) in [6.45, 7) is 0.116. The second kappa shape index (κ2) is 8.35. The molecule has 2 atom stereocenters. The van der Waals surface area contributed by atoms with Gasteiger partial charge < -0.3 is 5.32 Å². The molecule has 1 aliphatic rings. The normalized spacial score (nSPS) is 21.0. The number of hydrogen-bond donors (Lipinski definition) is 1. The van der Waals surface area contributed by atoms with E-state index in [4.69, 9.17) is 5.26 Å². The molecule has 0 bridgehead atoms. The quantitative estimate of drug-likeness (QED) is 0.643. The number of rotatable bonds is 6. The molecule has 0 unspecified atom stereocenters. The maximum Gasteiger partial charge on any atom is 0.224 e. The molecule has 112 valence electrons. The summed E-state index contributed by atoms with van der Waals surface area (Å²) >= 11 is 3.57. The van der Waals surface area contributed by atoms with Gasteiger partial charge in [0.2, 0.25) is 5.91 Å². The Balaban J connectivity index is 1.86. The molecule has 0 spiro atoms. The van der Waals surface area contributed by atoms with Crippen LogP contribution in [0.3, 0.4) is 0 Å². The minimum Gasteiger partial charge on any atom is -0.343 e. The van der Waals surface area contributed by atoms with Crippen molar-refractivity contribution in [3.05, 3.63) is 24.3 Å². The molecular weight excluding hydrogens is 300 g/mol. The molecule has 21 heavy (non-hydrogen) atoms. The van der Waals surface area contributed by atoms with Gasteiger partial charge in [0.05, 0.1) is 6.07 Å². The third-order valence-corrected chi connectivity index (χ3v) is 5.80. The standard InChI is InChI=1S/C16H20N2OS2/c1-20-13-5-7-14(8-6-13)21-11-12-3-2-4-15(12)16(19)18-10-9-17/h5-8,12,15H,2-4,10-11H2,1H3,(H,18,19)/t12-,15+/m0/s1. The molecule has 3 nitrogen and oxygen atoms in total. The van der Waals surface area contributed by atoms with Crippen LogP contribution in [0.25, 0.3) is 0 Å². The summed E-state index contributed by atoms with van der Waals surface area (Å²) in [6, 6.07) is 10.5. The summed E-state index contributed by atoms with van der Waals surface area (Å²) in [5.41, 5.74) is 0. The lowest BCUT2D eigenvalue weighted by atomic mass is 9.97. The van der Waals surface area contributed by atoms with Crippen LogP contribution in [0.2, 0.25) is 0 Å². The van der Waals surface area contributed by atoms with E-state index in [0.717, 1.165) is 25.0 Å². The van der Waals surface area contributed by atoms with E-state index in [-0.39, 0.29) is 18.4 Å². The molecule has 1 N–H and O–H groups in total. The molecule has 1 saturated carbocycles. The summed E-state index contributed by atoms with van der Waals surface area (Å²) in [6.07, 6.45) is 5.25. The summed E-state index contributed by atoms with van der Waals surface area (Å²) in [5, 5.41) is 11.3. The monoisotopic (exact) mass is 320 g/mol. The molecule has 0 aromatic heterocycles. The van der Waals surface area contributed by atoms with Gasteiger partial charge in [-0.2, -0.15) is 5.26 Å². The molecule has 1 aliphatic carbocycles. The van der Waals surface area contributed by atoms with Crippen LogP contribution in [-0.4, -0.2) is 24.5 Å². The Bertz CT molecular complexity index is 510. The third-order valence-electron chi connectivity index (χ3n) is 3.86. The van der Waals surface area contributed by atoms with E-state index in [1.165, 1.54) is 9.79 Å². The van der Waals surface area contributed by atoms with Crippen LogP contribution >= 0.6 is 23.5 Å².